The molecular formula is C8H8N2O2. The first-order valence-electron chi connectivity index (χ1n) is 3.71. The third-order valence-corrected chi connectivity index (χ3v) is 1.69. The van der Waals surface area contributed by atoms with Crippen LogP contribution in [0.15, 0.2) is 23.0 Å². The molecule has 0 unspecified atom stereocenters. The molecule has 2 rings (SSSR count). The molecule has 62 valence electrons. The molecule has 2 aromatic heterocycles. The van der Waals surface area contributed by atoms with Crippen molar-refractivity contribution in [3.05, 3.63) is 24.2 Å². The molecule has 12 heavy (non-hydrogen) atoms. The molecule has 0 aromatic carbocycles. The summed E-state index contributed by atoms with van der Waals surface area (Å²) in [5, 5.41) is 13.4. The second-order valence-electron chi connectivity index (χ2n) is 2.47. The van der Waals surface area contributed by atoms with E-state index in [1.54, 1.807) is 18.5 Å². The third-order valence-electron chi connectivity index (χ3n) is 1.69. The van der Waals surface area contributed by atoms with E-state index in [0.717, 1.165) is 11.1 Å². The summed E-state index contributed by atoms with van der Waals surface area (Å²) in [6, 6.07) is 1.75. The summed E-state index contributed by atoms with van der Waals surface area (Å²) in [5.41, 5.74) is 1.48. The van der Waals surface area contributed by atoms with Gasteiger partial charge in [-0.25, -0.2) is 0 Å². The molecule has 0 aliphatic rings. The summed E-state index contributed by atoms with van der Waals surface area (Å²) >= 11 is 0. The van der Waals surface area contributed by atoms with Gasteiger partial charge in [0.25, 0.3) is 0 Å². The van der Waals surface area contributed by atoms with Crippen LogP contribution in [0.3, 0.4) is 0 Å². The van der Waals surface area contributed by atoms with Crippen molar-refractivity contribution in [2.24, 2.45) is 0 Å². The van der Waals surface area contributed by atoms with Crippen LogP contribution in [0, 0.1) is 0 Å². The SMILES string of the molecule is OCCc1noc2ccncc12. The minimum Gasteiger partial charge on any atom is -0.396 e. The maximum Gasteiger partial charge on any atom is 0.170 e. The van der Waals surface area contributed by atoms with Crippen LogP contribution in [-0.2, 0) is 6.42 Å². The minimum absolute atomic E-state index is 0.0799. The van der Waals surface area contributed by atoms with Gasteiger partial charge >= 0.3 is 0 Å². The Morgan fingerprint density at radius 2 is 2.42 bits per heavy atom. The van der Waals surface area contributed by atoms with Gasteiger partial charge in [0.1, 0.15) is 0 Å². The fraction of sp³-hybridized carbons (Fsp3) is 0.250. The van der Waals surface area contributed by atoms with Gasteiger partial charge in [-0.05, 0) is 0 Å². The average molecular weight is 164 g/mol. The van der Waals surface area contributed by atoms with Crippen LogP contribution in [0.4, 0.5) is 0 Å². The molecule has 0 atom stereocenters. The Balaban J connectivity index is 2.55. The zero-order valence-corrected chi connectivity index (χ0v) is 6.40. The molecule has 0 saturated heterocycles. The van der Waals surface area contributed by atoms with Crippen molar-refractivity contribution in [3.8, 4) is 0 Å². The van der Waals surface area contributed by atoms with Gasteiger partial charge in [-0.3, -0.25) is 4.98 Å². The predicted molar refractivity (Wildman–Crippen MR) is 42.6 cm³/mol. The van der Waals surface area contributed by atoms with Gasteiger partial charge in [-0.1, -0.05) is 5.16 Å². The van der Waals surface area contributed by atoms with Crippen molar-refractivity contribution in [2.45, 2.75) is 6.42 Å². The highest BCUT2D eigenvalue weighted by atomic mass is 16.5. The van der Waals surface area contributed by atoms with E-state index in [0.29, 0.717) is 12.0 Å². The molecule has 1 N–H and O–H groups in total. The van der Waals surface area contributed by atoms with Gasteiger partial charge in [-0.15, -0.1) is 0 Å². The van der Waals surface area contributed by atoms with Crippen LogP contribution in [0.5, 0.6) is 0 Å². The molecule has 4 nitrogen and oxygen atoms in total. The summed E-state index contributed by atoms with van der Waals surface area (Å²) in [5.74, 6) is 0. The van der Waals surface area contributed by atoms with Crippen molar-refractivity contribution >= 4 is 11.0 Å². The number of aromatic nitrogens is 2. The third kappa shape index (κ3) is 1.06. The Morgan fingerprint density at radius 3 is 3.25 bits per heavy atom. The molecule has 2 heterocycles. The van der Waals surface area contributed by atoms with E-state index in [2.05, 4.69) is 10.1 Å². The average Bonchev–Trinajstić information content (AvgIpc) is 2.50. The van der Waals surface area contributed by atoms with Crippen molar-refractivity contribution in [3.63, 3.8) is 0 Å². The number of nitrogens with zero attached hydrogens (tertiary/aromatic N) is 2. The van der Waals surface area contributed by atoms with E-state index in [-0.39, 0.29) is 6.61 Å². The molecule has 4 heteroatoms. The van der Waals surface area contributed by atoms with E-state index < -0.39 is 0 Å². The Labute approximate surface area is 68.8 Å². The second-order valence-corrected chi connectivity index (χ2v) is 2.47. The highest BCUT2D eigenvalue weighted by Crippen LogP contribution is 2.16. The molecule has 0 aliphatic heterocycles. The standard InChI is InChI=1S/C8H8N2O2/c11-4-2-7-6-5-9-3-1-8(6)12-10-7/h1,3,5,11H,2,4H2. The second kappa shape index (κ2) is 2.91. The Morgan fingerprint density at radius 1 is 1.50 bits per heavy atom. The van der Waals surface area contributed by atoms with Crippen LogP contribution >= 0.6 is 0 Å². The fourth-order valence-electron chi connectivity index (χ4n) is 1.12. The summed E-state index contributed by atoms with van der Waals surface area (Å²) in [7, 11) is 0. The number of aliphatic hydroxyl groups is 1. The number of aliphatic hydroxyl groups excluding tert-OH is 1. The lowest BCUT2D eigenvalue weighted by atomic mass is 10.2. The van der Waals surface area contributed by atoms with Gasteiger partial charge in [0, 0.05) is 31.5 Å². The smallest absolute Gasteiger partial charge is 0.170 e. The van der Waals surface area contributed by atoms with Crippen LogP contribution in [0.1, 0.15) is 5.69 Å². The molecule has 0 aliphatic carbocycles. The maximum absolute atomic E-state index is 8.70. The first kappa shape index (κ1) is 7.24. The Bertz CT molecular complexity index is 383. The monoisotopic (exact) mass is 164 g/mol. The predicted octanol–water partition coefficient (Wildman–Crippen LogP) is 0.758. The summed E-state index contributed by atoms with van der Waals surface area (Å²) in [4.78, 5) is 3.95. The highest BCUT2D eigenvalue weighted by molar-refractivity contribution is 5.77. The molecule has 0 spiro atoms. The normalized spacial score (nSPS) is 10.8. The number of pyridine rings is 1. The molecule has 0 bridgehead atoms. The topological polar surface area (TPSA) is 59.2 Å². The quantitative estimate of drug-likeness (QED) is 0.711. The van der Waals surface area contributed by atoms with Gasteiger partial charge in [0.15, 0.2) is 5.58 Å². The van der Waals surface area contributed by atoms with Crippen molar-refractivity contribution < 1.29 is 9.63 Å². The largest absolute Gasteiger partial charge is 0.396 e. The van der Waals surface area contributed by atoms with Crippen molar-refractivity contribution in [2.75, 3.05) is 6.61 Å². The maximum atomic E-state index is 8.70. The lowest BCUT2D eigenvalue weighted by Gasteiger charge is -1.88. The number of rotatable bonds is 2. The Kier molecular flexibility index (Phi) is 1.75. The first-order valence-corrected chi connectivity index (χ1v) is 3.71. The lowest BCUT2D eigenvalue weighted by molar-refractivity contribution is 0.295. The molecule has 0 radical (unpaired) electrons. The van der Waals surface area contributed by atoms with Gasteiger partial charge in [-0.2, -0.15) is 0 Å². The van der Waals surface area contributed by atoms with E-state index in [1.165, 1.54) is 0 Å². The highest BCUT2D eigenvalue weighted by Gasteiger charge is 2.05. The van der Waals surface area contributed by atoms with E-state index in [9.17, 15) is 0 Å². The fourth-order valence-corrected chi connectivity index (χ4v) is 1.12. The van der Waals surface area contributed by atoms with Crippen LogP contribution in [0.25, 0.3) is 11.0 Å². The van der Waals surface area contributed by atoms with Crippen LogP contribution in [-0.4, -0.2) is 21.9 Å². The molecular weight excluding hydrogens is 156 g/mol. The zero-order valence-electron chi connectivity index (χ0n) is 6.40. The zero-order chi connectivity index (χ0) is 8.39. The van der Waals surface area contributed by atoms with Crippen molar-refractivity contribution in [1.29, 1.82) is 0 Å². The summed E-state index contributed by atoms with van der Waals surface area (Å²) in [6.07, 6.45) is 3.85. The number of hydrogen-bond donors (Lipinski definition) is 1. The van der Waals surface area contributed by atoms with Crippen LogP contribution in [0.2, 0.25) is 0 Å². The molecule has 0 fully saturated rings. The summed E-state index contributed by atoms with van der Waals surface area (Å²) in [6.45, 7) is 0.0799. The Hall–Kier alpha value is -1.42. The first-order chi connectivity index (χ1) is 5.92. The van der Waals surface area contributed by atoms with E-state index in [1.807, 2.05) is 0 Å². The number of hydrogen-bond acceptors (Lipinski definition) is 4. The van der Waals surface area contributed by atoms with Gasteiger partial charge < -0.3 is 9.63 Å². The van der Waals surface area contributed by atoms with Crippen LogP contribution < -0.4 is 0 Å². The van der Waals surface area contributed by atoms with Crippen molar-refractivity contribution in [1.82, 2.24) is 10.1 Å². The number of fused-ring (bicyclic) bond motifs is 1. The minimum atomic E-state index is 0.0799. The lowest BCUT2D eigenvalue weighted by Crippen LogP contribution is -1.90. The van der Waals surface area contributed by atoms with E-state index >= 15 is 0 Å². The van der Waals surface area contributed by atoms with Gasteiger partial charge in [0.05, 0.1) is 11.1 Å². The molecule has 0 saturated carbocycles. The molecule has 0 amide bonds. The summed E-state index contributed by atoms with van der Waals surface area (Å²) < 4.78 is 5.00. The molecule has 2 aromatic rings. The van der Waals surface area contributed by atoms with E-state index in [4.69, 9.17) is 9.63 Å². The van der Waals surface area contributed by atoms with Gasteiger partial charge in [0.2, 0.25) is 0 Å².